The number of piperidine rings is 1. The molecule has 35 heavy (non-hydrogen) atoms. The Morgan fingerprint density at radius 2 is 2.06 bits per heavy atom. The van der Waals surface area contributed by atoms with Crippen molar-refractivity contribution in [2.75, 3.05) is 4.90 Å². The van der Waals surface area contributed by atoms with Crippen molar-refractivity contribution in [1.29, 1.82) is 5.26 Å². The van der Waals surface area contributed by atoms with E-state index in [4.69, 9.17) is 5.26 Å². The first kappa shape index (κ1) is 21.9. The molecule has 11 heteroatoms. The lowest BCUT2D eigenvalue weighted by Crippen LogP contribution is -2.66. The molecule has 1 aromatic carbocycles. The minimum Gasteiger partial charge on any atom is -0.507 e. The molecule has 6 rings (SSSR count). The Bertz CT molecular complexity index is 1320. The van der Waals surface area contributed by atoms with Gasteiger partial charge in [0.1, 0.15) is 23.7 Å². The Balaban J connectivity index is 1.28. The first-order chi connectivity index (χ1) is 16.8. The Morgan fingerprint density at radius 3 is 2.71 bits per heavy atom. The summed E-state index contributed by atoms with van der Waals surface area (Å²) < 4.78 is 17.2. The standard InChI is InChI=1S/C24H26FN9O/c1-23-7-8-24(2,31-23)21(25)19(10-23)34(15-3-4-15)22-27-12-18(29-30-22)17-6-5-16(9-20(17)35)33-13-14(11-26)28-32-33/h5-6,9,12-13,15,19,21,31,35H,3-4,7-8,10H2,1-2H3/t19-,21-,23-,24+/m1/s1. The van der Waals surface area contributed by atoms with Crippen LogP contribution in [0.5, 0.6) is 5.75 Å². The van der Waals surface area contributed by atoms with E-state index >= 15 is 4.39 Å². The van der Waals surface area contributed by atoms with Crippen LogP contribution in [0.1, 0.15) is 51.6 Å². The Labute approximate surface area is 201 Å². The van der Waals surface area contributed by atoms with Gasteiger partial charge in [-0.15, -0.1) is 15.3 Å². The van der Waals surface area contributed by atoms with Crippen molar-refractivity contribution in [3.63, 3.8) is 0 Å². The molecule has 4 atom stereocenters. The summed E-state index contributed by atoms with van der Waals surface area (Å²) in [5.41, 5.74) is 0.972. The van der Waals surface area contributed by atoms with Gasteiger partial charge in [0.2, 0.25) is 5.95 Å². The van der Waals surface area contributed by atoms with E-state index in [1.165, 1.54) is 16.9 Å². The van der Waals surface area contributed by atoms with Crippen molar-refractivity contribution in [3.05, 3.63) is 36.3 Å². The van der Waals surface area contributed by atoms with Crippen molar-refractivity contribution in [2.24, 2.45) is 0 Å². The molecule has 0 unspecified atom stereocenters. The molecule has 0 spiro atoms. The maximum absolute atomic E-state index is 15.8. The van der Waals surface area contributed by atoms with Crippen LogP contribution in [0.15, 0.2) is 30.6 Å². The van der Waals surface area contributed by atoms with Crippen molar-refractivity contribution < 1.29 is 9.50 Å². The van der Waals surface area contributed by atoms with Gasteiger partial charge in [-0.3, -0.25) is 0 Å². The molecular weight excluding hydrogens is 449 g/mol. The van der Waals surface area contributed by atoms with E-state index < -0.39 is 11.7 Å². The lowest BCUT2D eigenvalue weighted by atomic mass is 9.82. The summed E-state index contributed by atoms with van der Waals surface area (Å²) in [4.78, 5) is 6.62. The van der Waals surface area contributed by atoms with Crippen molar-refractivity contribution >= 4 is 5.95 Å². The number of fused-ring (bicyclic) bond motifs is 2. The monoisotopic (exact) mass is 475 g/mol. The number of hydrogen-bond acceptors (Lipinski definition) is 9. The van der Waals surface area contributed by atoms with Crippen molar-refractivity contribution in [2.45, 2.75) is 75.3 Å². The summed E-state index contributed by atoms with van der Waals surface area (Å²) in [5, 5.41) is 39.4. The molecule has 2 saturated heterocycles. The van der Waals surface area contributed by atoms with Crippen LogP contribution in [0, 0.1) is 11.3 Å². The van der Waals surface area contributed by atoms with Gasteiger partial charge in [-0.25, -0.2) is 14.1 Å². The lowest BCUT2D eigenvalue weighted by molar-refractivity contribution is 0.0828. The minimum atomic E-state index is -1.03. The molecule has 2 aromatic heterocycles. The van der Waals surface area contributed by atoms with E-state index in [2.05, 4.69) is 37.7 Å². The third kappa shape index (κ3) is 3.69. The van der Waals surface area contributed by atoms with Gasteiger partial charge < -0.3 is 15.3 Å². The van der Waals surface area contributed by atoms with E-state index in [1.54, 1.807) is 18.3 Å². The summed E-state index contributed by atoms with van der Waals surface area (Å²) in [5.74, 6) is 0.402. The minimum absolute atomic E-state index is 0.0287. The SMILES string of the molecule is C[C@]12CC[C@](C)(N1)[C@H](F)[C@H](N(c1ncc(-c3ccc(-n4cc(C#N)nn4)cc3O)nn1)C1CC1)C2. The number of nitriles is 1. The van der Waals surface area contributed by atoms with Gasteiger partial charge >= 0.3 is 0 Å². The predicted octanol–water partition coefficient (Wildman–Crippen LogP) is 2.68. The quantitative estimate of drug-likeness (QED) is 0.572. The molecule has 4 heterocycles. The molecule has 1 aliphatic carbocycles. The van der Waals surface area contributed by atoms with Gasteiger partial charge in [-0.05, 0) is 58.1 Å². The fourth-order valence-electron chi connectivity index (χ4n) is 5.71. The van der Waals surface area contributed by atoms with Crippen LogP contribution in [0.4, 0.5) is 10.3 Å². The van der Waals surface area contributed by atoms with Gasteiger partial charge in [-0.1, -0.05) is 5.21 Å². The van der Waals surface area contributed by atoms with Crippen molar-refractivity contribution in [1.82, 2.24) is 35.5 Å². The number of nitrogens with one attached hydrogen (secondary N) is 1. The Hall–Kier alpha value is -3.65. The highest BCUT2D eigenvalue weighted by atomic mass is 19.1. The molecule has 1 saturated carbocycles. The number of aromatic nitrogens is 6. The van der Waals surface area contributed by atoms with Crippen LogP contribution in [-0.4, -0.2) is 64.6 Å². The third-order valence-corrected chi connectivity index (χ3v) is 7.60. The molecule has 10 nitrogen and oxygen atoms in total. The van der Waals surface area contributed by atoms with Crippen molar-refractivity contribution in [3.8, 4) is 28.8 Å². The summed E-state index contributed by atoms with van der Waals surface area (Å²) in [7, 11) is 0. The second-order valence-electron chi connectivity index (χ2n) is 10.4. The first-order valence-electron chi connectivity index (χ1n) is 11.9. The highest BCUT2D eigenvalue weighted by molar-refractivity contribution is 5.68. The number of benzene rings is 1. The van der Waals surface area contributed by atoms with Gasteiger partial charge in [0.05, 0.1) is 24.1 Å². The van der Waals surface area contributed by atoms with E-state index in [9.17, 15) is 5.11 Å². The van der Waals surface area contributed by atoms with Crippen LogP contribution in [0.2, 0.25) is 0 Å². The topological polar surface area (TPSA) is 129 Å². The lowest BCUT2D eigenvalue weighted by Gasteiger charge is -2.48. The van der Waals surface area contributed by atoms with Gasteiger partial charge in [0.25, 0.3) is 0 Å². The number of hydrogen-bond donors (Lipinski definition) is 2. The van der Waals surface area contributed by atoms with E-state index in [0.717, 1.165) is 25.7 Å². The molecule has 3 aliphatic rings. The van der Waals surface area contributed by atoms with E-state index in [0.29, 0.717) is 29.3 Å². The highest BCUT2D eigenvalue weighted by Crippen LogP contribution is 2.47. The molecule has 2 bridgehead atoms. The Morgan fingerprint density at radius 1 is 1.23 bits per heavy atom. The number of anilines is 1. The maximum atomic E-state index is 15.8. The number of rotatable bonds is 5. The molecule has 180 valence electrons. The fraction of sp³-hybridized carbons (Fsp3) is 0.500. The highest BCUT2D eigenvalue weighted by Gasteiger charge is 2.58. The van der Waals surface area contributed by atoms with E-state index in [-0.39, 0.29) is 29.1 Å². The number of aromatic hydroxyl groups is 1. The van der Waals surface area contributed by atoms with E-state index in [1.807, 2.05) is 17.9 Å². The Kier molecular flexibility index (Phi) is 4.79. The first-order valence-corrected chi connectivity index (χ1v) is 11.9. The number of halogens is 1. The zero-order valence-corrected chi connectivity index (χ0v) is 19.6. The maximum Gasteiger partial charge on any atom is 0.245 e. The summed E-state index contributed by atoms with van der Waals surface area (Å²) in [6.07, 6.45) is 6.48. The van der Waals surface area contributed by atoms with Gasteiger partial charge in [-0.2, -0.15) is 5.26 Å². The second kappa shape index (κ2) is 7.68. The number of phenols is 1. The van der Waals surface area contributed by atoms with Crippen LogP contribution >= 0.6 is 0 Å². The summed E-state index contributed by atoms with van der Waals surface area (Å²) in [6, 6.07) is 6.77. The normalized spacial score (nSPS) is 29.7. The number of nitrogens with zero attached hydrogens (tertiary/aromatic N) is 8. The molecule has 0 amide bonds. The molecule has 0 radical (unpaired) electrons. The fourth-order valence-corrected chi connectivity index (χ4v) is 5.71. The molecule has 3 fully saturated rings. The second-order valence-corrected chi connectivity index (χ2v) is 10.4. The van der Waals surface area contributed by atoms with Crippen LogP contribution in [-0.2, 0) is 0 Å². The zero-order valence-electron chi connectivity index (χ0n) is 19.6. The van der Waals surface area contributed by atoms with Gasteiger partial charge in [0, 0.05) is 28.7 Å². The average molecular weight is 476 g/mol. The van der Waals surface area contributed by atoms with Gasteiger partial charge in [0.15, 0.2) is 5.69 Å². The smallest absolute Gasteiger partial charge is 0.245 e. The van der Waals surface area contributed by atoms with Crippen LogP contribution in [0.25, 0.3) is 16.9 Å². The number of alkyl halides is 1. The molecule has 3 aromatic rings. The largest absolute Gasteiger partial charge is 0.507 e. The molecular formula is C24H26FN9O. The zero-order chi connectivity index (χ0) is 24.4. The molecule has 2 N–H and O–H groups in total. The predicted molar refractivity (Wildman–Crippen MR) is 125 cm³/mol. The third-order valence-electron chi connectivity index (χ3n) is 7.60. The summed E-state index contributed by atoms with van der Waals surface area (Å²) >= 11 is 0. The average Bonchev–Trinajstić information content (AvgIpc) is 3.48. The number of phenolic OH excluding ortho intramolecular Hbond substituents is 1. The van der Waals surface area contributed by atoms with Crippen LogP contribution in [0.3, 0.4) is 0 Å². The summed E-state index contributed by atoms with van der Waals surface area (Å²) in [6.45, 7) is 4.16. The molecule has 2 aliphatic heterocycles. The van der Waals surface area contributed by atoms with Crippen LogP contribution < -0.4 is 10.2 Å².